The Hall–Kier alpha value is -0.940. The molecule has 0 bridgehead atoms. The van der Waals surface area contributed by atoms with Gasteiger partial charge in [0.15, 0.2) is 5.96 Å². The molecule has 0 amide bonds. The lowest BCUT2D eigenvalue weighted by Crippen LogP contribution is -2.39. The van der Waals surface area contributed by atoms with Crippen LogP contribution in [0.1, 0.15) is 38.9 Å². The Balaban J connectivity index is 0.00000338. The van der Waals surface area contributed by atoms with Crippen molar-refractivity contribution < 1.29 is 9.47 Å². The third kappa shape index (κ3) is 8.63. The van der Waals surface area contributed by atoms with E-state index >= 15 is 0 Å². The van der Waals surface area contributed by atoms with Gasteiger partial charge in [-0.25, -0.2) is 0 Å². The fraction of sp³-hybridized carbons (Fsp3) is 0.824. The van der Waals surface area contributed by atoms with E-state index in [2.05, 4.69) is 44.2 Å². The lowest BCUT2D eigenvalue weighted by Gasteiger charge is -2.12. The van der Waals surface area contributed by atoms with Gasteiger partial charge in [-0.1, -0.05) is 6.92 Å². The van der Waals surface area contributed by atoms with E-state index in [-0.39, 0.29) is 24.0 Å². The van der Waals surface area contributed by atoms with E-state index in [1.165, 1.54) is 0 Å². The Morgan fingerprint density at radius 1 is 1.42 bits per heavy atom. The van der Waals surface area contributed by atoms with Crippen molar-refractivity contribution in [3.63, 3.8) is 0 Å². The van der Waals surface area contributed by atoms with Crippen molar-refractivity contribution in [2.45, 2.75) is 52.2 Å². The molecule has 0 aliphatic carbocycles. The number of aryl methyl sites for hydroxylation is 1. The molecular formula is C17H33IN6O2. The zero-order valence-electron chi connectivity index (χ0n) is 15.9. The van der Waals surface area contributed by atoms with Gasteiger partial charge < -0.3 is 24.7 Å². The summed E-state index contributed by atoms with van der Waals surface area (Å²) in [6.07, 6.45) is 6.15. The fourth-order valence-corrected chi connectivity index (χ4v) is 2.72. The van der Waals surface area contributed by atoms with E-state index in [4.69, 9.17) is 9.47 Å². The quantitative estimate of drug-likeness (QED) is 0.217. The first kappa shape index (κ1) is 23.1. The summed E-state index contributed by atoms with van der Waals surface area (Å²) in [5.41, 5.74) is 0. The second-order valence-electron chi connectivity index (χ2n) is 6.05. The van der Waals surface area contributed by atoms with Crippen molar-refractivity contribution in [3.05, 3.63) is 12.2 Å². The molecule has 2 heterocycles. The maximum Gasteiger partial charge on any atom is 0.191 e. The topological polar surface area (TPSA) is 85.6 Å². The normalized spacial score (nSPS) is 17.2. The number of ether oxygens (including phenoxy) is 2. The molecule has 26 heavy (non-hydrogen) atoms. The average Bonchev–Trinajstić information content (AvgIpc) is 3.29. The van der Waals surface area contributed by atoms with Crippen LogP contribution in [-0.4, -0.2) is 66.3 Å². The van der Waals surface area contributed by atoms with Gasteiger partial charge in [0.1, 0.15) is 12.2 Å². The molecule has 0 aromatic carbocycles. The van der Waals surface area contributed by atoms with E-state index in [1.54, 1.807) is 6.33 Å². The van der Waals surface area contributed by atoms with Crippen molar-refractivity contribution in [2.24, 2.45) is 4.99 Å². The van der Waals surface area contributed by atoms with Gasteiger partial charge in [0.05, 0.1) is 12.7 Å². The van der Waals surface area contributed by atoms with E-state index in [9.17, 15) is 0 Å². The number of halogens is 1. The van der Waals surface area contributed by atoms with Crippen LogP contribution >= 0.6 is 24.0 Å². The van der Waals surface area contributed by atoms with Crippen molar-refractivity contribution in [1.82, 2.24) is 25.4 Å². The number of nitrogens with one attached hydrogen (secondary N) is 2. The van der Waals surface area contributed by atoms with Crippen LogP contribution in [0.5, 0.6) is 0 Å². The molecule has 2 rings (SSSR count). The molecule has 2 N–H and O–H groups in total. The number of hydrogen-bond donors (Lipinski definition) is 2. The van der Waals surface area contributed by atoms with Crippen LogP contribution in [0.15, 0.2) is 11.3 Å². The Morgan fingerprint density at radius 2 is 2.31 bits per heavy atom. The second-order valence-corrected chi connectivity index (χ2v) is 6.05. The molecular weight excluding hydrogens is 447 g/mol. The molecule has 1 aliphatic heterocycles. The van der Waals surface area contributed by atoms with Crippen LogP contribution in [0, 0.1) is 0 Å². The maximum atomic E-state index is 5.66. The summed E-state index contributed by atoms with van der Waals surface area (Å²) in [7, 11) is 0. The average molecular weight is 480 g/mol. The third-order valence-corrected chi connectivity index (χ3v) is 4.05. The van der Waals surface area contributed by atoms with Gasteiger partial charge in [0.2, 0.25) is 0 Å². The Morgan fingerprint density at radius 3 is 3.04 bits per heavy atom. The highest BCUT2D eigenvalue weighted by Crippen LogP contribution is 2.11. The Kier molecular flexibility index (Phi) is 12.6. The number of aromatic nitrogens is 3. The molecule has 1 aromatic heterocycles. The van der Waals surface area contributed by atoms with E-state index in [0.717, 1.165) is 76.9 Å². The van der Waals surface area contributed by atoms with E-state index in [0.29, 0.717) is 12.7 Å². The van der Waals surface area contributed by atoms with E-state index < -0.39 is 0 Å². The lowest BCUT2D eigenvalue weighted by molar-refractivity contribution is 0.0171. The Labute approximate surface area is 173 Å². The summed E-state index contributed by atoms with van der Waals surface area (Å²) in [6, 6.07) is 0. The summed E-state index contributed by atoms with van der Waals surface area (Å²) in [5.74, 6) is 1.85. The first-order valence-electron chi connectivity index (χ1n) is 9.41. The van der Waals surface area contributed by atoms with Gasteiger partial charge in [-0.15, -0.1) is 34.2 Å². The van der Waals surface area contributed by atoms with Crippen LogP contribution < -0.4 is 10.6 Å². The van der Waals surface area contributed by atoms with Crippen LogP contribution in [0.3, 0.4) is 0 Å². The minimum absolute atomic E-state index is 0. The first-order valence-corrected chi connectivity index (χ1v) is 9.41. The number of nitrogens with zero attached hydrogens (tertiary/aromatic N) is 4. The molecule has 1 atom stereocenters. The number of rotatable bonds is 11. The molecule has 1 aliphatic rings. The summed E-state index contributed by atoms with van der Waals surface area (Å²) < 4.78 is 13.3. The monoisotopic (exact) mass is 480 g/mol. The summed E-state index contributed by atoms with van der Waals surface area (Å²) in [4.78, 5) is 4.59. The van der Waals surface area contributed by atoms with Crippen LogP contribution in [-0.2, 0) is 22.4 Å². The SMILES string of the molecule is CCNC(=NCCCOCC1CCCO1)NCCn1cnnc1CC.I. The molecule has 0 spiro atoms. The van der Waals surface area contributed by atoms with Gasteiger partial charge in [-0.2, -0.15) is 0 Å². The van der Waals surface area contributed by atoms with E-state index in [1.807, 2.05) is 0 Å². The molecule has 0 saturated carbocycles. The lowest BCUT2D eigenvalue weighted by atomic mass is 10.2. The summed E-state index contributed by atoms with van der Waals surface area (Å²) in [6.45, 7) is 9.66. The van der Waals surface area contributed by atoms with Crippen molar-refractivity contribution >= 4 is 29.9 Å². The van der Waals surface area contributed by atoms with Gasteiger partial charge in [0.25, 0.3) is 0 Å². The molecule has 150 valence electrons. The fourth-order valence-electron chi connectivity index (χ4n) is 2.72. The maximum absolute atomic E-state index is 5.66. The zero-order valence-corrected chi connectivity index (χ0v) is 18.3. The highest BCUT2D eigenvalue weighted by Gasteiger charge is 2.14. The van der Waals surface area contributed by atoms with Crippen LogP contribution in [0.4, 0.5) is 0 Å². The van der Waals surface area contributed by atoms with Gasteiger partial charge in [0, 0.05) is 45.8 Å². The van der Waals surface area contributed by atoms with Crippen LogP contribution in [0.25, 0.3) is 0 Å². The summed E-state index contributed by atoms with van der Waals surface area (Å²) >= 11 is 0. The predicted octanol–water partition coefficient (Wildman–Crippen LogP) is 1.60. The number of aliphatic imine (C=N–C) groups is 1. The molecule has 9 heteroatoms. The number of hydrogen-bond acceptors (Lipinski definition) is 5. The molecule has 8 nitrogen and oxygen atoms in total. The highest BCUT2D eigenvalue weighted by atomic mass is 127. The minimum atomic E-state index is 0. The third-order valence-electron chi connectivity index (χ3n) is 4.05. The Bertz CT molecular complexity index is 505. The van der Waals surface area contributed by atoms with Gasteiger partial charge in [-0.3, -0.25) is 4.99 Å². The van der Waals surface area contributed by atoms with Gasteiger partial charge >= 0.3 is 0 Å². The molecule has 1 saturated heterocycles. The summed E-state index contributed by atoms with van der Waals surface area (Å²) in [5, 5.41) is 14.7. The zero-order chi connectivity index (χ0) is 17.7. The second kappa shape index (κ2) is 14.2. The number of guanidine groups is 1. The van der Waals surface area contributed by atoms with Crippen LogP contribution in [0.2, 0.25) is 0 Å². The van der Waals surface area contributed by atoms with Gasteiger partial charge in [-0.05, 0) is 26.2 Å². The highest BCUT2D eigenvalue weighted by molar-refractivity contribution is 14.0. The minimum Gasteiger partial charge on any atom is -0.379 e. The predicted molar refractivity (Wildman–Crippen MR) is 113 cm³/mol. The molecule has 1 fully saturated rings. The van der Waals surface area contributed by atoms with Crippen molar-refractivity contribution in [3.8, 4) is 0 Å². The smallest absolute Gasteiger partial charge is 0.191 e. The largest absolute Gasteiger partial charge is 0.379 e. The van der Waals surface area contributed by atoms with Crippen molar-refractivity contribution in [2.75, 3.05) is 39.5 Å². The first-order chi connectivity index (χ1) is 12.3. The molecule has 1 aromatic rings. The molecule has 0 radical (unpaired) electrons. The standard InChI is InChI=1S/C17H32N6O2.HI/c1-3-16-22-21-14-23(16)10-9-20-17(18-4-2)19-8-6-11-24-13-15-7-5-12-25-15;/h14-15H,3-13H2,1-2H3,(H2,18,19,20);1H. The molecule has 1 unspecified atom stereocenters. The van der Waals surface area contributed by atoms with Crippen molar-refractivity contribution in [1.29, 1.82) is 0 Å².